The SMILES string of the molecule is CCc1cccc2c(C(=O)COC(=O)CNC(=O)c3ccc4c(c3)OCO4)c[nH]c12. The lowest BCUT2D eigenvalue weighted by Gasteiger charge is -2.07. The molecule has 0 bridgehead atoms. The van der Waals surface area contributed by atoms with Gasteiger partial charge in [-0.05, 0) is 30.2 Å². The van der Waals surface area contributed by atoms with E-state index in [0.717, 1.165) is 22.9 Å². The number of benzene rings is 2. The molecule has 3 aromatic rings. The number of hydrogen-bond acceptors (Lipinski definition) is 6. The molecular formula is C22H20N2O6. The van der Waals surface area contributed by atoms with Gasteiger partial charge >= 0.3 is 5.97 Å². The molecule has 0 unspecified atom stereocenters. The Kier molecular flexibility index (Phi) is 5.38. The predicted molar refractivity (Wildman–Crippen MR) is 108 cm³/mol. The number of fused-ring (bicyclic) bond motifs is 2. The standard InChI is InChI=1S/C22H20N2O6/c1-2-13-4-3-5-15-16(9-23-21(13)15)17(25)11-28-20(26)10-24-22(27)14-6-7-18-19(8-14)30-12-29-18/h3-9,23H,2,10-12H2,1H3,(H,24,27). The minimum Gasteiger partial charge on any atom is -0.456 e. The van der Waals surface area contributed by atoms with E-state index in [1.807, 2.05) is 25.1 Å². The molecule has 8 heteroatoms. The number of aryl methyl sites for hydroxylation is 1. The summed E-state index contributed by atoms with van der Waals surface area (Å²) in [6.07, 6.45) is 2.46. The van der Waals surface area contributed by atoms with Gasteiger partial charge in [0.15, 0.2) is 18.1 Å². The number of aromatic nitrogens is 1. The summed E-state index contributed by atoms with van der Waals surface area (Å²) in [5.41, 5.74) is 2.81. The Morgan fingerprint density at radius 2 is 1.97 bits per heavy atom. The molecule has 0 saturated carbocycles. The molecule has 1 aliphatic rings. The summed E-state index contributed by atoms with van der Waals surface area (Å²) in [5, 5.41) is 3.26. The molecule has 1 aliphatic heterocycles. The van der Waals surface area contributed by atoms with Crippen LogP contribution in [0.25, 0.3) is 10.9 Å². The highest BCUT2D eigenvalue weighted by Gasteiger charge is 2.18. The lowest BCUT2D eigenvalue weighted by Crippen LogP contribution is -2.31. The van der Waals surface area contributed by atoms with Gasteiger partial charge in [-0.25, -0.2) is 0 Å². The van der Waals surface area contributed by atoms with Crippen LogP contribution in [0.5, 0.6) is 11.5 Å². The zero-order chi connectivity index (χ0) is 21.1. The number of Topliss-reactive ketones (excluding diaryl/α,β-unsaturated/α-hetero) is 1. The topological polar surface area (TPSA) is 107 Å². The third-order valence-corrected chi connectivity index (χ3v) is 4.88. The van der Waals surface area contributed by atoms with Crippen LogP contribution in [0.3, 0.4) is 0 Å². The molecule has 30 heavy (non-hydrogen) atoms. The Morgan fingerprint density at radius 3 is 2.80 bits per heavy atom. The number of esters is 1. The van der Waals surface area contributed by atoms with Crippen molar-refractivity contribution in [2.45, 2.75) is 13.3 Å². The number of carbonyl (C=O) groups is 3. The van der Waals surface area contributed by atoms with Gasteiger partial charge in [0.2, 0.25) is 12.6 Å². The van der Waals surface area contributed by atoms with E-state index < -0.39 is 18.5 Å². The second-order valence-corrected chi connectivity index (χ2v) is 6.73. The lowest BCUT2D eigenvalue weighted by atomic mass is 10.1. The highest BCUT2D eigenvalue weighted by atomic mass is 16.7. The van der Waals surface area contributed by atoms with Gasteiger partial charge in [-0.15, -0.1) is 0 Å². The number of amides is 1. The maximum Gasteiger partial charge on any atom is 0.325 e. The number of ether oxygens (including phenoxy) is 3. The maximum absolute atomic E-state index is 12.5. The summed E-state index contributed by atoms with van der Waals surface area (Å²) < 4.78 is 15.5. The van der Waals surface area contributed by atoms with Gasteiger partial charge in [0.1, 0.15) is 6.54 Å². The molecular weight excluding hydrogens is 388 g/mol. The quantitative estimate of drug-likeness (QED) is 0.460. The van der Waals surface area contributed by atoms with Crippen LogP contribution in [-0.4, -0.2) is 42.6 Å². The fraction of sp³-hybridized carbons (Fsp3) is 0.227. The van der Waals surface area contributed by atoms with Crippen LogP contribution in [0, 0.1) is 0 Å². The zero-order valence-corrected chi connectivity index (χ0v) is 16.3. The average Bonchev–Trinajstić information content (AvgIpc) is 3.41. The van der Waals surface area contributed by atoms with Crippen LogP contribution in [0.2, 0.25) is 0 Å². The van der Waals surface area contributed by atoms with Gasteiger partial charge in [0.05, 0.1) is 0 Å². The van der Waals surface area contributed by atoms with Gasteiger partial charge in [0.25, 0.3) is 5.91 Å². The number of H-pyrrole nitrogens is 1. The number of rotatable bonds is 7. The van der Waals surface area contributed by atoms with Gasteiger partial charge < -0.3 is 24.5 Å². The van der Waals surface area contributed by atoms with Crippen LogP contribution >= 0.6 is 0 Å². The molecule has 1 aromatic heterocycles. The summed E-state index contributed by atoms with van der Waals surface area (Å²) in [4.78, 5) is 39.8. The molecule has 0 atom stereocenters. The van der Waals surface area contributed by atoms with Crippen LogP contribution in [0.15, 0.2) is 42.6 Å². The largest absolute Gasteiger partial charge is 0.456 e. The predicted octanol–water partition coefficient (Wildman–Crippen LogP) is 2.61. The van der Waals surface area contributed by atoms with Crippen LogP contribution in [0.1, 0.15) is 33.2 Å². The van der Waals surface area contributed by atoms with Gasteiger partial charge in [-0.1, -0.05) is 25.1 Å². The number of carbonyl (C=O) groups excluding carboxylic acids is 3. The minimum atomic E-state index is -0.702. The second-order valence-electron chi connectivity index (χ2n) is 6.73. The van der Waals surface area contributed by atoms with E-state index in [1.165, 1.54) is 6.07 Å². The fourth-order valence-electron chi connectivity index (χ4n) is 3.31. The molecule has 8 nitrogen and oxygen atoms in total. The van der Waals surface area contributed by atoms with Crippen molar-refractivity contribution in [1.82, 2.24) is 10.3 Å². The van der Waals surface area contributed by atoms with Crippen molar-refractivity contribution in [2.75, 3.05) is 19.9 Å². The van der Waals surface area contributed by atoms with Crippen molar-refractivity contribution >= 4 is 28.6 Å². The summed E-state index contributed by atoms with van der Waals surface area (Å²) in [6.45, 7) is 1.39. The van der Waals surface area contributed by atoms with E-state index in [2.05, 4.69) is 10.3 Å². The summed E-state index contributed by atoms with van der Waals surface area (Å²) >= 11 is 0. The first-order valence-electron chi connectivity index (χ1n) is 9.52. The van der Waals surface area contributed by atoms with Crippen LogP contribution in [-0.2, 0) is 16.0 Å². The van der Waals surface area contributed by atoms with Crippen LogP contribution in [0.4, 0.5) is 0 Å². The number of nitrogens with one attached hydrogen (secondary N) is 2. The fourth-order valence-corrected chi connectivity index (χ4v) is 3.31. The van der Waals surface area contributed by atoms with E-state index in [-0.39, 0.29) is 19.1 Å². The third kappa shape index (κ3) is 3.84. The van der Waals surface area contributed by atoms with E-state index in [9.17, 15) is 14.4 Å². The summed E-state index contributed by atoms with van der Waals surface area (Å²) in [6, 6.07) is 10.5. The van der Waals surface area contributed by atoms with Crippen molar-refractivity contribution in [2.24, 2.45) is 0 Å². The van der Waals surface area contributed by atoms with Gasteiger partial charge in [0, 0.05) is 28.2 Å². The molecule has 2 aromatic carbocycles. The third-order valence-electron chi connectivity index (χ3n) is 4.88. The Morgan fingerprint density at radius 1 is 1.13 bits per heavy atom. The normalized spacial score (nSPS) is 12.0. The molecule has 0 fully saturated rings. The number of aromatic amines is 1. The highest BCUT2D eigenvalue weighted by molar-refractivity contribution is 6.09. The van der Waals surface area contributed by atoms with Gasteiger partial charge in [-0.3, -0.25) is 14.4 Å². The van der Waals surface area contributed by atoms with Crippen LogP contribution < -0.4 is 14.8 Å². The first-order valence-corrected chi connectivity index (χ1v) is 9.52. The number of hydrogen-bond donors (Lipinski definition) is 2. The van der Waals surface area contributed by atoms with Crippen molar-refractivity contribution in [3.63, 3.8) is 0 Å². The Balaban J connectivity index is 1.31. The monoisotopic (exact) mass is 408 g/mol. The molecule has 1 amide bonds. The Hall–Kier alpha value is -3.81. The Labute approximate surface area is 172 Å². The van der Waals surface area contributed by atoms with Crippen molar-refractivity contribution in [3.05, 3.63) is 59.3 Å². The Bertz CT molecular complexity index is 1130. The van der Waals surface area contributed by atoms with E-state index in [4.69, 9.17) is 14.2 Å². The molecule has 0 radical (unpaired) electrons. The molecule has 2 heterocycles. The lowest BCUT2D eigenvalue weighted by molar-refractivity contribution is -0.141. The number of para-hydroxylation sites is 1. The van der Waals surface area contributed by atoms with E-state index in [1.54, 1.807) is 18.3 Å². The van der Waals surface area contributed by atoms with Gasteiger partial charge in [-0.2, -0.15) is 0 Å². The minimum absolute atomic E-state index is 0.108. The van der Waals surface area contributed by atoms with E-state index in [0.29, 0.717) is 22.6 Å². The average molecular weight is 408 g/mol. The molecule has 0 saturated heterocycles. The van der Waals surface area contributed by atoms with Crippen molar-refractivity contribution in [1.29, 1.82) is 0 Å². The van der Waals surface area contributed by atoms with E-state index >= 15 is 0 Å². The molecule has 0 aliphatic carbocycles. The molecule has 0 spiro atoms. The zero-order valence-electron chi connectivity index (χ0n) is 16.3. The van der Waals surface area contributed by atoms with Crippen molar-refractivity contribution < 1.29 is 28.6 Å². The molecule has 4 rings (SSSR count). The van der Waals surface area contributed by atoms with Crippen molar-refractivity contribution in [3.8, 4) is 11.5 Å². The highest BCUT2D eigenvalue weighted by Crippen LogP contribution is 2.32. The molecule has 2 N–H and O–H groups in total. The molecule has 154 valence electrons. The smallest absolute Gasteiger partial charge is 0.325 e. The maximum atomic E-state index is 12.5. The first-order chi connectivity index (χ1) is 14.6. The number of ketones is 1. The first kappa shape index (κ1) is 19.5. The summed E-state index contributed by atoms with van der Waals surface area (Å²) in [7, 11) is 0. The summed E-state index contributed by atoms with van der Waals surface area (Å²) in [5.74, 6) is -0.439. The second kappa shape index (κ2) is 8.28.